The van der Waals surface area contributed by atoms with Crippen molar-refractivity contribution >= 4 is 23.2 Å². The Morgan fingerprint density at radius 1 is 0.852 bits per heavy atom. The summed E-state index contributed by atoms with van der Waals surface area (Å²) >= 11 is 0. The van der Waals surface area contributed by atoms with Crippen LogP contribution in [0.15, 0.2) is 36.4 Å². The Balaban J connectivity index is 1.72. The molecule has 27 heavy (non-hydrogen) atoms. The Morgan fingerprint density at radius 3 is 2.19 bits per heavy atom. The topological polar surface area (TPSA) is 58.2 Å². The molecular formula is C20H19F3N2O2. The number of anilines is 2. The summed E-state index contributed by atoms with van der Waals surface area (Å²) in [5.41, 5.74) is -0.0524. The molecule has 2 amide bonds. The smallest absolute Gasteiger partial charge is 0.255 e. The maximum Gasteiger partial charge on any atom is 0.255 e. The van der Waals surface area contributed by atoms with Crippen molar-refractivity contribution in [2.45, 2.75) is 32.1 Å². The third-order valence-corrected chi connectivity index (χ3v) is 4.58. The first kappa shape index (κ1) is 18.9. The van der Waals surface area contributed by atoms with Crippen LogP contribution in [0.25, 0.3) is 0 Å². The lowest BCUT2D eigenvalue weighted by Gasteiger charge is -2.21. The Morgan fingerprint density at radius 2 is 1.52 bits per heavy atom. The Bertz CT molecular complexity index is 844. The summed E-state index contributed by atoms with van der Waals surface area (Å²) in [4.78, 5) is 24.5. The van der Waals surface area contributed by atoms with Gasteiger partial charge in [-0.25, -0.2) is 13.2 Å². The standard InChI is InChI=1S/C20H19F3N2O2/c21-14-8-13(9-15(22)10-14)20(27)24-16-6-7-17(23)18(11-16)25-19(26)12-4-2-1-3-5-12/h6-12H,1-5H2,(H,24,27)(H,25,26). The molecule has 142 valence electrons. The molecule has 0 aliphatic heterocycles. The van der Waals surface area contributed by atoms with Crippen molar-refractivity contribution in [3.05, 3.63) is 59.4 Å². The first-order valence-electron chi connectivity index (χ1n) is 8.80. The third kappa shape index (κ3) is 4.87. The molecule has 0 bridgehead atoms. The summed E-state index contributed by atoms with van der Waals surface area (Å²) in [6.45, 7) is 0. The van der Waals surface area contributed by atoms with Crippen LogP contribution in [-0.4, -0.2) is 11.8 Å². The van der Waals surface area contributed by atoms with Gasteiger partial charge < -0.3 is 10.6 Å². The quantitative estimate of drug-likeness (QED) is 0.799. The predicted molar refractivity (Wildman–Crippen MR) is 95.9 cm³/mol. The van der Waals surface area contributed by atoms with E-state index >= 15 is 0 Å². The zero-order valence-electron chi connectivity index (χ0n) is 14.5. The van der Waals surface area contributed by atoms with Gasteiger partial charge in [-0.2, -0.15) is 0 Å². The minimum absolute atomic E-state index is 0.0474. The van der Waals surface area contributed by atoms with Crippen LogP contribution in [0.3, 0.4) is 0 Å². The van der Waals surface area contributed by atoms with E-state index < -0.39 is 23.4 Å². The van der Waals surface area contributed by atoms with E-state index in [1.807, 2.05) is 0 Å². The monoisotopic (exact) mass is 376 g/mol. The van der Waals surface area contributed by atoms with Crippen molar-refractivity contribution in [1.82, 2.24) is 0 Å². The van der Waals surface area contributed by atoms with Crippen molar-refractivity contribution < 1.29 is 22.8 Å². The molecule has 0 spiro atoms. The molecule has 1 saturated carbocycles. The first-order valence-corrected chi connectivity index (χ1v) is 8.80. The van der Waals surface area contributed by atoms with E-state index in [1.165, 1.54) is 12.1 Å². The van der Waals surface area contributed by atoms with E-state index in [9.17, 15) is 22.8 Å². The Hall–Kier alpha value is -2.83. The van der Waals surface area contributed by atoms with Crippen molar-refractivity contribution in [3.63, 3.8) is 0 Å². The number of halogens is 3. The second-order valence-electron chi connectivity index (χ2n) is 6.63. The molecule has 2 N–H and O–H groups in total. The summed E-state index contributed by atoms with van der Waals surface area (Å²) < 4.78 is 40.5. The lowest BCUT2D eigenvalue weighted by Crippen LogP contribution is -2.25. The van der Waals surface area contributed by atoms with Crippen LogP contribution < -0.4 is 10.6 Å². The van der Waals surface area contributed by atoms with Gasteiger partial charge in [0.25, 0.3) is 5.91 Å². The van der Waals surface area contributed by atoms with Gasteiger partial charge in [-0.15, -0.1) is 0 Å². The number of hydrogen-bond acceptors (Lipinski definition) is 2. The minimum atomic E-state index is -0.875. The molecule has 2 aromatic carbocycles. The Labute approximate surface area is 154 Å². The van der Waals surface area contributed by atoms with Gasteiger partial charge in [0.15, 0.2) is 0 Å². The average Bonchev–Trinajstić information content (AvgIpc) is 2.64. The van der Waals surface area contributed by atoms with Crippen LogP contribution >= 0.6 is 0 Å². The fourth-order valence-electron chi connectivity index (χ4n) is 3.19. The SMILES string of the molecule is O=C(Nc1ccc(F)c(NC(=O)C2CCCCC2)c1)c1cc(F)cc(F)c1. The first-order chi connectivity index (χ1) is 12.9. The van der Waals surface area contributed by atoms with Gasteiger partial charge in [-0.05, 0) is 43.2 Å². The number of benzene rings is 2. The van der Waals surface area contributed by atoms with Gasteiger partial charge in [-0.1, -0.05) is 19.3 Å². The normalized spacial score (nSPS) is 14.6. The molecule has 1 aliphatic rings. The largest absolute Gasteiger partial charge is 0.323 e. The van der Waals surface area contributed by atoms with Gasteiger partial charge in [0.05, 0.1) is 5.69 Å². The molecule has 0 atom stereocenters. The highest BCUT2D eigenvalue weighted by Gasteiger charge is 2.22. The van der Waals surface area contributed by atoms with Crippen LogP contribution in [0, 0.1) is 23.4 Å². The van der Waals surface area contributed by atoms with E-state index in [0.717, 1.165) is 50.3 Å². The summed E-state index contributed by atoms with van der Waals surface area (Å²) in [6.07, 6.45) is 4.59. The number of rotatable bonds is 4. The maximum absolute atomic E-state index is 14.0. The van der Waals surface area contributed by atoms with Crippen LogP contribution in [-0.2, 0) is 4.79 Å². The fourth-order valence-corrected chi connectivity index (χ4v) is 3.19. The van der Waals surface area contributed by atoms with E-state index in [2.05, 4.69) is 10.6 Å². The molecule has 0 radical (unpaired) electrons. The zero-order chi connectivity index (χ0) is 19.4. The average molecular weight is 376 g/mol. The molecule has 4 nitrogen and oxygen atoms in total. The van der Waals surface area contributed by atoms with E-state index in [1.54, 1.807) is 0 Å². The van der Waals surface area contributed by atoms with E-state index in [-0.39, 0.29) is 28.8 Å². The molecule has 0 heterocycles. The molecule has 0 unspecified atom stereocenters. The maximum atomic E-state index is 14.0. The summed E-state index contributed by atoms with van der Waals surface area (Å²) in [6, 6.07) is 6.15. The van der Waals surface area contributed by atoms with Gasteiger partial charge in [0.1, 0.15) is 17.5 Å². The number of nitrogens with one attached hydrogen (secondary N) is 2. The highest BCUT2D eigenvalue weighted by molar-refractivity contribution is 6.04. The number of amides is 2. The highest BCUT2D eigenvalue weighted by Crippen LogP contribution is 2.26. The Kier molecular flexibility index (Phi) is 5.78. The molecule has 0 saturated heterocycles. The molecule has 0 aromatic heterocycles. The summed E-state index contributed by atoms with van der Waals surface area (Å²) in [5, 5.41) is 5.01. The second-order valence-corrected chi connectivity index (χ2v) is 6.63. The predicted octanol–water partition coefficient (Wildman–Crippen LogP) is 4.88. The number of hydrogen-bond donors (Lipinski definition) is 2. The van der Waals surface area contributed by atoms with Crippen LogP contribution in [0.5, 0.6) is 0 Å². The molecule has 1 fully saturated rings. The van der Waals surface area contributed by atoms with E-state index in [4.69, 9.17) is 0 Å². The fraction of sp³-hybridized carbons (Fsp3) is 0.300. The van der Waals surface area contributed by atoms with Gasteiger partial charge in [0.2, 0.25) is 5.91 Å². The highest BCUT2D eigenvalue weighted by atomic mass is 19.1. The van der Waals surface area contributed by atoms with Crippen molar-refractivity contribution in [2.24, 2.45) is 5.92 Å². The van der Waals surface area contributed by atoms with Gasteiger partial charge in [-0.3, -0.25) is 9.59 Å². The summed E-state index contributed by atoms with van der Waals surface area (Å²) in [7, 11) is 0. The second kappa shape index (κ2) is 8.24. The van der Waals surface area contributed by atoms with Crippen LogP contribution in [0.2, 0.25) is 0 Å². The van der Waals surface area contributed by atoms with Crippen LogP contribution in [0.4, 0.5) is 24.5 Å². The lowest BCUT2D eigenvalue weighted by molar-refractivity contribution is -0.120. The van der Waals surface area contributed by atoms with Crippen molar-refractivity contribution in [1.29, 1.82) is 0 Å². The molecule has 1 aliphatic carbocycles. The van der Waals surface area contributed by atoms with Crippen molar-refractivity contribution in [2.75, 3.05) is 10.6 Å². The zero-order valence-corrected chi connectivity index (χ0v) is 14.5. The number of carbonyl (C=O) groups excluding carboxylic acids is 2. The molecule has 3 rings (SSSR count). The lowest BCUT2D eigenvalue weighted by atomic mass is 9.88. The third-order valence-electron chi connectivity index (χ3n) is 4.58. The van der Waals surface area contributed by atoms with Crippen LogP contribution in [0.1, 0.15) is 42.5 Å². The minimum Gasteiger partial charge on any atom is -0.323 e. The molecule has 7 heteroatoms. The van der Waals surface area contributed by atoms with Gasteiger partial charge >= 0.3 is 0 Å². The molecular weight excluding hydrogens is 357 g/mol. The molecule has 2 aromatic rings. The van der Waals surface area contributed by atoms with Gasteiger partial charge in [0, 0.05) is 23.2 Å². The van der Waals surface area contributed by atoms with E-state index in [0.29, 0.717) is 6.07 Å². The van der Waals surface area contributed by atoms with Crippen molar-refractivity contribution in [3.8, 4) is 0 Å². The number of carbonyl (C=O) groups is 2. The summed E-state index contributed by atoms with van der Waals surface area (Å²) in [5.74, 6) is -3.52.